The third kappa shape index (κ3) is 3.41. The van der Waals surface area contributed by atoms with Crippen LogP contribution in [0, 0.1) is 6.92 Å². The predicted octanol–water partition coefficient (Wildman–Crippen LogP) is 0.247. The summed E-state index contributed by atoms with van der Waals surface area (Å²) in [5, 5.41) is 2.73. The Bertz CT molecular complexity index is 462. The van der Waals surface area contributed by atoms with Crippen molar-refractivity contribution < 1.29 is 14.3 Å². The summed E-state index contributed by atoms with van der Waals surface area (Å²) in [6, 6.07) is -0.585. The Morgan fingerprint density at radius 2 is 2.22 bits per heavy atom. The van der Waals surface area contributed by atoms with Crippen molar-refractivity contribution >= 4 is 17.8 Å². The summed E-state index contributed by atoms with van der Waals surface area (Å²) in [5.41, 5.74) is 5.88. The molecule has 0 aliphatic carbocycles. The standard InChI is InChI=1S/C11H16N4O3/c1-4-18-10(17)8-5-13-11(14-6(8)2)15-7(3)9(12)16/h5,7H,4H2,1-3H3,(H2,12,16)(H,13,14,15). The molecule has 98 valence electrons. The number of esters is 1. The van der Waals surface area contributed by atoms with Gasteiger partial charge < -0.3 is 15.8 Å². The number of aromatic nitrogens is 2. The van der Waals surface area contributed by atoms with Gasteiger partial charge in [-0.25, -0.2) is 14.8 Å². The summed E-state index contributed by atoms with van der Waals surface area (Å²) < 4.78 is 4.85. The minimum atomic E-state index is -0.585. The molecule has 0 saturated heterocycles. The van der Waals surface area contributed by atoms with E-state index in [-0.39, 0.29) is 12.6 Å². The Balaban J connectivity index is 2.85. The van der Waals surface area contributed by atoms with E-state index in [0.717, 1.165) is 0 Å². The van der Waals surface area contributed by atoms with Gasteiger partial charge in [-0.15, -0.1) is 0 Å². The number of hydrogen-bond acceptors (Lipinski definition) is 6. The smallest absolute Gasteiger partial charge is 0.341 e. The van der Waals surface area contributed by atoms with E-state index < -0.39 is 17.9 Å². The van der Waals surface area contributed by atoms with Crippen molar-refractivity contribution in [1.82, 2.24) is 9.97 Å². The molecule has 1 aromatic rings. The lowest BCUT2D eigenvalue weighted by atomic mass is 10.2. The van der Waals surface area contributed by atoms with Gasteiger partial charge in [-0.2, -0.15) is 0 Å². The first-order valence-electron chi connectivity index (χ1n) is 5.52. The Labute approximate surface area is 105 Å². The van der Waals surface area contributed by atoms with Crippen molar-refractivity contribution in [2.75, 3.05) is 11.9 Å². The van der Waals surface area contributed by atoms with Crippen molar-refractivity contribution in [3.8, 4) is 0 Å². The van der Waals surface area contributed by atoms with Gasteiger partial charge in [0.25, 0.3) is 0 Å². The number of rotatable bonds is 5. The van der Waals surface area contributed by atoms with Crippen molar-refractivity contribution in [1.29, 1.82) is 0 Å². The van der Waals surface area contributed by atoms with Crippen LogP contribution in [0.1, 0.15) is 29.9 Å². The van der Waals surface area contributed by atoms with Gasteiger partial charge in [-0.3, -0.25) is 4.79 Å². The molecule has 3 N–H and O–H groups in total. The van der Waals surface area contributed by atoms with Crippen LogP contribution in [-0.4, -0.2) is 34.5 Å². The lowest BCUT2D eigenvalue weighted by Crippen LogP contribution is -2.33. The van der Waals surface area contributed by atoms with Crippen LogP contribution in [0.4, 0.5) is 5.95 Å². The molecule has 0 aliphatic heterocycles. The number of nitrogens with zero attached hydrogens (tertiary/aromatic N) is 2. The highest BCUT2D eigenvalue weighted by Crippen LogP contribution is 2.09. The predicted molar refractivity (Wildman–Crippen MR) is 65.0 cm³/mol. The summed E-state index contributed by atoms with van der Waals surface area (Å²) in [7, 11) is 0. The Hall–Kier alpha value is -2.18. The topological polar surface area (TPSA) is 107 Å². The van der Waals surface area contributed by atoms with Crippen LogP contribution in [0.25, 0.3) is 0 Å². The average molecular weight is 252 g/mol. The van der Waals surface area contributed by atoms with E-state index >= 15 is 0 Å². The summed E-state index contributed by atoms with van der Waals surface area (Å²) in [5.74, 6) is -0.734. The monoisotopic (exact) mass is 252 g/mol. The lowest BCUT2D eigenvalue weighted by molar-refractivity contribution is -0.118. The first kappa shape index (κ1) is 13.9. The van der Waals surface area contributed by atoms with E-state index in [0.29, 0.717) is 11.3 Å². The van der Waals surface area contributed by atoms with Crippen LogP contribution < -0.4 is 11.1 Å². The van der Waals surface area contributed by atoms with Crippen LogP contribution >= 0.6 is 0 Å². The average Bonchev–Trinajstić information content (AvgIpc) is 2.29. The second-order valence-corrected chi connectivity index (χ2v) is 3.68. The minimum absolute atomic E-state index is 0.242. The lowest BCUT2D eigenvalue weighted by Gasteiger charge is -2.11. The number of nitrogens with one attached hydrogen (secondary N) is 1. The van der Waals surface area contributed by atoms with Gasteiger partial charge >= 0.3 is 5.97 Å². The molecule has 7 nitrogen and oxygen atoms in total. The quantitative estimate of drug-likeness (QED) is 0.727. The van der Waals surface area contributed by atoms with Crippen molar-refractivity contribution in [2.24, 2.45) is 5.73 Å². The molecule has 0 radical (unpaired) electrons. The number of aryl methyl sites for hydroxylation is 1. The molecule has 0 aliphatic rings. The zero-order chi connectivity index (χ0) is 13.7. The van der Waals surface area contributed by atoms with Crippen LogP contribution in [-0.2, 0) is 9.53 Å². The number of carbonyl (C=O) groups excluding carboxylic acids is 2. The third-order valence-corrected chi connectivity index (χ3v) is 2.25. The molecule has 0 spiro atoms. The number of ether oxygens (including phenoxy) is 1. The van der Waals surface area contributed by atoms with E-state index in [1.54, 1.807) is 20.8 Å². The maximum absolute atomic E-state index is 11.5. The molecule has 1 unspecified atom stereocenters. The summed E-state index contributed by atoms with van der Waals surface area (Å²) in [6.07, 6.45) is 1.36. The molecule has 0 aromatic carbocycles. The number of primary amides is 1. The number of hydrogen-bond donors (Lipinski definition) is 2. The minimum Gasteiger partial charge on any atom is -0.462 e. The van der Waals surface area contributed by atoms with Gasteiger partial charge in [0, 0.05) is 6.20 Å². The molecular formula is C11H16N4O3. The van der Waals surface area contributed by atoms with Gasteiger partial charge in [0.15, 0.2) is 0 Å². The second kappa shape index (κ2) is 5.95. The van der Waals surface area contributed by atoms with Crippen molar-refractivity contribution in [2.45, 2.75) is 26.8 Å². The van der Waals surface area contributed by atoms with E-state index in [2.05, 4.69) is 15.3 Å². The maximum Gasteiger partial charge on any atom is 0.341 e. The molecule has 1 amide bonds. The zero-order valence-corrected chi connectivity index (χ0v) is 10.6. The Morgan fingerprint density at radius 3 is 2.72 bits per heavy atom. The van der Waals surface area contributed by atoms with E-state index in [1.165, 1.54) is 6.20 Å². The van der Waals surface area contributed by atoms with Crippen LogP contribution in [0.2, 0.25) is 0 Å². The Kier molecular flexibility index (Phi) is 4.59. The molecule has 1 heterocycles. The first-order chi connectivity index (χ1) is 8.45. The van der Waals surface area contributed by atoms with Gasteiger partial charge in [0.05, 0.1) is 17.9 Å². The molecule has 0 fully saturated rings. The largest absolute Gasteiger partial charge is 0.462 e. The third-order valence-electron chi connectivity index (χ3n) is 2.25. The number of anilines is 1. The second-order valence-electron chi connectivity index (χ2n) is 3.68. The highest BCUT2D eigenvalue weighted by atomic mass is 16.5. The summed E-state index contributed by atoms with van der Waals surface area (Å²) >= 11 is 0. The molecule has 1 aromatic heterocycles. The first-order valence-corrected chi connectivity index (χ1v) is 5.52. The van der Waals surface area contributed by atoms with Crippen LogP contribution in [0.5, 0.6) is 0 Å². The number of amides is 1. The molecule has 1 rings (SSSR count). The molecular weight excluding hydrogens is 236 g/mol. The Morgan fingerprint density at radius 1 is 1.56 bits per heavy atom. The number of carbonyl (C=O) groups is 2. The van der Waals surface area contributed by atoms with E-state index in [9.17, 15) is 9.59 Å². The highest BCUT2D eigenvalue weighted by Gasteiger charge is 2.14. The van der Waals surface area contributed by atoms with Crippen molar-refractivity contribution in [3.63, 3.8) is 0 Å². The molecule has 0 saturated carbocycles. The SMILES string of the molecule is CCOC(=O)c1cnc(NC(C)C(N)=O)nc1C. The molecule has 7 heteroatoms. The fraction of sp³-hybridized carbons (Fsp3) is 0.455. The normalized spacial score (nSPS) is 11.7. The van der Waals surface area contributed by atoms with Gasteiger partial charge in [0.1, 0.15) is 6.04 Å². The highest BCUT2D eigenvalue weighted by molar-refractivity contribution is 5.90. The maximum atomic E-state index is 11.5. The van der Waals surface area contributed by atoms with E-state index in [4.69, 9.17) is 10.5 Å². The van der Waals surface area contributed by atoms with Gasteiger partial charge in [-0.1, -0.05) is 0 Å². The molecule has 0 bridgehead atoms. The van der Waals surface area contributed by atoms with Crippen LogP contribution in [0.15, 0.2) is 6.20 Å². The number of nitrogens with two attached hydrogens (primary N) is 1. The summed E-state index contributed by atoms with van der Waals surface area (Å²) in [4.78, 5) is 30.4. The molecule has 18 heavy (non-hydrogen) atoms. The van der Waals surface area contributed by atoms with Crippen molar-refractivity contribution in [3.05, 3.63) is 17.5 Å². The fourth-order valence-electron chi connectivity index (χ4n) is 1.21. The van der Waals surface area contributed by atoms with Crippen LogP contribution in [0.3, 0.4) is 0 Å². The van der Waals surface area contributed by atoms with Gasteiger partial charge in [-0.05, 0) is 20.8 Å². The fourth-order valence-corrected chi connectivity index (χ4v) is 1.21. The van der Waals surface area contributed by atoms with E-state index in [1.807, 2.05) is 0 Å². The summed E-state index contributed by atoms with van der Waals surface area (Å²) in [6.45, 7) is 5.27. The van der Waals surface area contributed by atoms with Gasteiger partial charge in [0.2, 0.25) is 11.9 Å². The molecule has 1 atom stereocenters. The zero-order valence-electron chi connectivity index (χ0n) is 10.6.